The average molecular weight is 252 g/mol. The Morgan fingerprint density at radius 2 is 2.00 bits per heavy atom. The zero-order valence-electron chi connectivity index (χ0n) is 11.7. The first kappa shape index (κ1) is 12.3. The van der Waals surface area contributed by atoms with E-state index in [1.807, 2.05) is 6.20 Å². The fourth-order valence-corrected chi connectivity index (χ4v) is 2.72. The summed E-state index contributed by atoms with van der Waals surface area (Å²) >= 11 is 0. The van der Waals surface area contributed by atoms with E-state index in [1.54, 1.807) is 0 Å². The van der Waals surface area contributed by atoms with Crippen molar-refractivity contribution in [3.05, 3.63) is 47.3 Å². The highest BCUT2D eigenvalue weighted by Gasteiger charge is 2.17. The minimum absolute atomic E-state index is 0.769. The van der Waals surface area contributed by atoms with Gasteiger partial charge in [-0.25, -0.2) is 9.97 Å². The summed E-state index contributed by atoms with van der Waals surface area (Å²) in [6.07, 6.45) is 6.58. The van der Waals surface area contributed by atoms with E-state index in [0.29, 0.717) is 0 Å². The van der Waals surface area contributed by atoms with Crippen molar-refractivity contribution in [1.82, 2.24) is 9.97 Å². The monoisotopic (exact) mass is 252 g/mol. The lowest BCUT2D eigenvalue weighted by atomic mass is 9.89. The molecule has 0 amide bonds. The third kappa shape index (κ3) is 2.53. The molecule has 19 heavy (non-hydrogen) atoms. The van der Waals surface area contributed by atoms with Gasteiger partial charge in [-0.3, -0.25) is 0 Å². The minimum Gasteiger partial charge on any atom is -0.236 e. The van der Waals surface area contributed by atoms with Gasteiger partial charge in [-0.2, -0.15) is 0 Å². The Balaban J connectivity index is 1.93. The maximum atomic E-state index is 4.76. The van der Waals surface area contributed by atoms with Crippen LogP contribution in [0.5, 0.6) is 0 Å². The molecule has 0 aliphatic heterocycles. The largest absolute Gasteiger partial charge is 0.236 e. The molecule has 1 atom stereocenters. The number of hydrogen-bond acceptors (Lipinski definition) is 2. The van der Waals surface area contributed by atoms with Gasteiger partial charge in [-0.15, -0.1) is 0 Å². The van der Waals surface area contributed by atoms with Crippen LogP contribution in [0, 0.1) is 5.92 Å². The lowest BCUT2D eigenvalue weighted by Crippen LogP contribution is -2.14. The fraction of sp³-hybridized carbons (Fsp3) is 0.412. The molecule has 1 aliphatic carbocycles. The summed E-state index contributed by atoms with van der Waals surface area (Å²) in [6, 6.07) is 8.60. The molecule has 1 aromatic carbocycles. The summed E-state index contributed by atoms with van der Waals surface area (Å²) in [4.78, 5) is 9.30. The standard InChI is InChI=1S/C17H20N2/c1-3-13-5-7-14(8-6-13)17-18-11-15-10-12(2)4-9-16(15)19-17/h5-8,11-12H,3-4,9-10H2,1-2H3. The first-order chi connectivity index (χ1) is 9.26. The van der Waals surface area contributed by atoms with E-state index in [0.717, 1.165) is 36.6 Å². The third-order valence-electron chi connectivity index (χ3n) is 4.02. The predicted octanol–water partition coefficient (Wildman–Crippen LogP) is 3.83. The zero-order valence-corrected chi connectivity index (χ0v) is 11.7. The topological polar surface area (TPSA) is 25.8 Å². The minimum atomic E-state index is 0.769. The second-order valence-electron chi connectivity index (χ2n) is 5.56. The molecule has 2 aromatic rings. The van der Waals surface area contributed by atoms with Crippen LogP contribution >= 0.6 is 0 Å². The molecular formula is C17H20N2. The highest BCUT2D eigenvalue weighted by molar-refractivity contribution is 5.55. The average Bonchev–Trinajstić information content (AvgIpc) is 2.47. The molecule has 1 unspecified atom stereocenters. The molecule has 1 aliphatic rings. The van der Waals surface area contributed by atoms with Crippen LogP contribution < -0.4 is 0 Å². The van der Waals surface area contributed by atoms with Crippen molar-refractivity contribution in [3.8, 4) is 11.4 Å². The molecule has 0 spiro atoms. The Labute approximate surface area is 114 Å². The maximum Gasteiger partial charge on any atom is 0.159 e. The van der Waals surface area contributed by atoms with Crippen LogP contribution in [0.25, 0.3) is 11.4 Å². The van der Waals surface area contributed by atoms with Crippen LogP contribution in [0.1, 0.15) is 37.1 Å². The van der Waals surface area contributed by atoms with E-state index in [-0.39, 0.29) is 0 Å². The molecule has 2 heteroatoms. The van der Waals surface area contributed by atoms with Crippen LogP contribution in [-0.4, -0.2) is 9.97 Å². The van der Waals surface area contributed by atoms with Gasteiger partial charge in [-0.1, -0.05) is 38.1 Å². The SMILES string of the molecule is CCc1ccc(-c2ncc3c(n2)CCC(C)C3)cc1. The third-order valence-corrected chi connectivity index (χ3v) is 4.02. The van der Waals surface area contributed by atoms with Crippen LogP contribution in [-0.2, 0) is 19.3 Å². The van der Waals surface area contributed by atoms with E-state index >= 15 is 0 Å². The molecule has 0 fully saturated rings. The lowest BCUT2D eigenvalue weighted by Gasteiger charge is -2.20. The zero-order chi connectivity index (χ0) is 13.2. The molecule has 1 aromatic heterocycles. The van der Waals surface area contributed by atoms with Crippen molar-refractivity contribution in [1.29, 1.82) is 0 Å². The van der Waals surface area contributed by atoms with Crippen LogP contribution in [0.2, 0.25) is 0 Å². The first-order valence-corrected chi connectivity index (χ1v) is 7.20. The normalized spacial score (nSPS) is 18.1. The van der Waals surface area contributed by atoms with Crippen molar-refractivity contribution in [3.63, 3.8) is 0 Å². The van der Waals surface area contributed by atoms with Gasteiger partial charge in [0.25, 0.3) is 0 Å². The van der Waals surface area contributed by atoms with Gasteiger partial charge in [0.1, 0.15) is 0 Å². The summed E-state index contributed by atoms with van der Waals surface area (Å²) in [6.45, 7) is 4.48. The molecule has 2 nitrogen and oxygen atoms in total. The molecule has 1 heterocycles. The number of fused-ring (bicyclic) bond motifs is 1. The van der Waals surface area contributed by atoms with Crippen LogP contribution in [0.4, 0.5) is 0 Å². The number of aryl methyl sites for hydroxylation is 2. The van der Waals surface area contributed by atoms with E-state index in [1.165, 1.54) is 23.2 Å². The summed E-state index contributed by atoms with van der Waals surface area (Å²) < 4.78 is 0. The molecule has 0 N–H and O–H groups in total. The first-order valence-electron chi connectivity index (χ1n) is 7.20. The molecular weight excluding hydrogens is 232 g/mol. The van der Waals surface area contributed by atoms with E-state index in [9.17, 15) is 0 Å². The smallest absolute Gasteiger partial charge is 0.159 e. The molecule has 0 saturated carbocycles. The van der Waals surface area contributed by atoms with Gasteiger partial charge in [0.15, 0.2) is 5.82 Å². The van der Waals surface area contributed by atoms with Crippen LogP contribution in [0.3, 0.4) is 0 Å². The summed E-state index contributed by atoms with van der Waals surface area (Å²) in [5.74, 6) is 1.64. The number of nitrogens with zero attached hydrogens (tertiary/aromatic N) is 2. The Kier molecular flexibility index (Phi) is 3.33. The van der Waals surface area contributed by atoms with Crippen molar-refractivity contribution in [2.24, 2.45) is 5.92 Å². The van der Waals surface area contributed by atoms with Crippen molar-refractivity contribution in [2.75, 3.05) is 0 Å². The highest BCUT2D eigenvalue weighted by atomic mass is 14.9. The van der Waals surface area contributed by atoms with Crippen molar-refractivity contribution < 1.29 is 0 Å². The number of benzene rings is 1. The molecule has 0 radical (unpaired) electrons. The number of aromatic nitrogens is 2. The van der Waals surface area contributed by atoms with Crippen molar-refractivity contribution >= 4 is 0 Å². The number of hydrogen-bond donors (Lipinski definition) is 0. The maximum absolute atomic E-state index is 4.76. The number of rotatable bonds is 2. The predicted molar refractivity (Wildman–Crippen MR) is 78.0 cm³/mol. The van der Waals surface area contributed by atoms with Crippen molar-refractivity contribution in [2.45, 2.75) is 39.5 Å². The van der Waals surface area contributed by atoms with E-state index < -0.39 is 0 Å². The van der Waals surface area contributed by atoms with Gasteiger partial charge < -0.3 is 0 Å². The van der Waals surface area contributed by atoms with Gasteiger partial charge in [0.2, 0.25) is 0 Å². The Morgan fingerprint density at radius 3 is 2.74 bits per heavy atom. The lowest BCUT2D eigenvalue weighted by molar-refractivity contribution is 0.492. The fourth-order valence-electron chi connectivity index (χ4n) is 2.72. The summed E-state index contributed by atoms with van der Waals surface area (Å²) in [5, 5.41) is 0. The molecule has 3 rings (SSSR count). The Bertz CT molecular complexity index is 572. The Morgan fingerprint density at radius 1 is 1.21 bits per heavy atom. The molecule has 0 saturated heterocycles. The molecule has 0 bridgehead atoms. The van der Waals surface area contributed by atoms with Gasteiger partial charge >= 0.3 is 0 Å². The van der Waals surface area contributed by atoms with Gasteiger partial charge in [-0.05, 0) is 42.7 Å². The van der Waals surface area contributed by atoms with Gasteiger partial charge in [0.05, 0.1) is 0 Å². The molecule has 98 valence electrons. The summed E-state index contributed by atoms with van der Waals surface area (Å²) in [7, 11) is 0. The van der Waals surface area contributed by atoms with E-state index in [2.05, 4.69) is 43.1 Å². The quantitative estimate of drug-likeness (QED) is 0.811. The second-order valence-corrected chi connectivity index (χ2v) is 5.56. The van der Waals surface area contributed by atoms with Gasteiger partial charge in [0, 0.05) is 17.5 Å². The van der Waals surface area contributed by atoms with Crippen LogP contribution in [0.15, 0.2) is 30.5 Å². The van der Waals surface area contributed by atoms with E-state index in [4.69, 9.17) is 4.98 Å². The Hall–Kier alpha value is -1.70. The highest BCUT2D eigenvalue weighted by Crippen LogP contribution is 2.25. The second kappa shape index (κ2) is 5.12. The summed E-state index contributed by atoms with van der Waals surface area (Å²) in [5.41, 5.74) is 5.07.